The van der Waals surface area contributed by atoms with E-state index in [1.165, 1.54) is 5.56 Å². The molecule has 2 aliphatic heterocycles. The minimum Gasteiger partial charge on any atom is -0.355 e. The third-order valence-corrected chi connectivity index (χ3v) is 7.03. The van der Waals surface area contributed by atoms with Crippen molar-refractivity contribution in [3.05, 3.63) is 59.3 Å². The number of carbonyl (C=O) groups is 2. The fourth-order valence-electron chi connectivity index (χ4n) is 5.18. The Kier molecular flexibility index (Phi) is 5.73. The summed E-state index contributed by atoms with van der Waals surface area (Å²) in [6, 6.07) is 11.8. The lowest BCUT2D eigenvalue weighted by Gasteiger charge is -2.34. The van der Waals surface area contributed by atoms with Crippen LogP contribution in [0.4, 0.5) is 5.82 Å². The van der Waals surface area contributed by atoms with Gasteiger partial charge in [-0.15, -0.1) is 0 Å². The summed E-state index contributed by atoms with van der Waals surface area (Å²) >= 11 is 0. The Balaban J connectivity index is 1.64. The van der Waals surface area contributed by atoms with Crippen molar-refractivity contribution in [3.63, 3.8) is 0 Å². The molecule has 0 radical (unpaired) electrons. The maximum absolute atomic E-state index is 13.4. The van der Waals surface area contributed by atoms with Crippen molar-refractivity contribution in [1.82, 2.24) is 14.8 Å². The van der Waals surface area contributed by atoms with E-state index in [-0.39, 0.29) is 17.7 Å². The molecule has 4 rings (SSSR count). The van der Waals surface area contributed by atoms with E-state index in [0.29, 0.717) is 19.6 Å². The number of aromatic nitrogens is 1. The molecule has 2 saturated heterocycles. The number of benzene rings is 1. The van der Waals surface area contributed by atoms with Gasteiger partial charge in [-0.25, -0.2) is 4.98 Å². The summed E-state index contributed by atoms with van der Waals surface area (Å²) in [6.07, 6.45) is 3.40. The summed E-state index contributed by atoms with van der Waals surface area (Å²) in [6.45, 7) is 6.76. The normalized spacial score (nSPS) is 23.3. The van der Waals surface area contributed by atoms with Crippen molar-refractivity contribution in [3.8, 4) is 0 Å². The Morgan fingerprint density at radius 1 is 1.10 bits per heavy atom. The molecule has 0 unspecified atom stereocenters. The molecule has 2 fully saturated rings. The Morgan fingerprint density at radius 2 is 1.90 bits per heavy atom. The summed E-state index contributed by atoms with van der Waals surface area (Å²) in [7, 11) is 3.67. The Morgan fingerprint density at radius 3 is 2.58 bits per heavy atom. The SMILES string of the molecule is Cc1ccc(C(=O)N2CCC[C@]3(C(=O)N(C)C)CN(c4ccccn4)C[C@@H]3C2)cc1C. The van der Waals surface area contributed by atoms with E-state index >= 15 is 0 Å². The summed E-state index contributed by atoms with van der Waals surface area (Å²) in [5.41, 5.74) is 2.55. The summed E-state index contributed by atoms with van der Waals surface area (Å²) < 4.78 is 0. The lowest BCUT2D eigenvalue weighted by Crippen LogP contribution is -2.47. The van der Waals surface area contributed by atoms with Gasteiger partial charge in [0, 0.05) is 58.0 Å². The Labute approximate surface area is 184 Å². The summed E-state index contributed by atoms with van der Waals surface area (Å²) in [5.74, 6) is 1.19. The molecule has 6 heteroatoms. The lowest BCUT2D eigenvalue weighted by atomic mass is 9.74. The Bertz CT molecular complexity index is 975. The number of hydrogen-bond donors (Lipinski definition) is 0. The molecular weight excluding hydrogens is 388 g/mol. The van der Waals surface area contributed by atoms with Gasteiger partial charge in [-0.3, -0.25) is 9.59 Å². The number of carbonyl (C=O) groups excluding carboxylic acids is 2. The number of hydrogen-bond acceptors (Lipinski definition) is 4. The highest BCUT2D eigenvalue weighted by Gasteiger charge is 2.54. The van der Waals surface area contributed by atoms with Crippen molar-refractivity contribution in [2.45, 2.75) is 26.7 Å². The van der Waals surface area contributed by atoms with Gasteiger partial charge in [0.05, 0.1) is 5.41 Å². The molecule has 0 saturated carbocycles. The molecule has 2 amide bonds. The van der Waals surface area contributed by atoms with E-state index in [0.717, 1.165) is 36.3 Å². The van der Waals surface area contributed by atoms with E-state index in [1.54, 1.807) is 11.1 Å². The van der Waals surface area contributed by atoms with Crippen LogP contribution >= 0.6 is 0 Å². The highest BCUT2D eigenvalue weighted by molar-refractivity contribution is 5.94. The van der Waals surface area contributed by atoms with Crippen LogP contribution in [0.5, 0.6) is 0 Å². The minimum absolute atomic E-state index is 0.0625. The maximum atomic E-state index is 13.4. The fourth-order valence-corrected chi connectivity index (χ4v) is 5.18. The second kappa shape index (κ2) is 8.33. The van der Waals surface area contributed by atoms with E-state index in [4.69, 9.17) is 0 Å². The molecule has 0 bridgehead atoms. The first-order chi connectivity index (χ1) is 14.8. The molecule has 2 atom stereocenters. The highest BCUT2D eigenvalue weighted by atomic mass is 16.2. The third kappa shape index (κ3) is 3.91. The number of nitrogens with zero attached hydrogens (tertiary/aromatic N) is 4. The fraction of sp³-hybridized carbons (Fsp3) is 0.480. The van der Waals surface area contributed by atoms with E-state index in [9.17, 15) is 9.59 Å². The van der Waals surface area contributed by atoms with E-state index < -0.39 is 5.41 Å². The lowest BCUT2D eigenvalue weighted by molar-refractivity contribution is -0.141. The van der Waals surface area contributed by atoms with E-state index in [2.05, 4.69) is 16.8 Å². The quantitative estimate of drug-likeness (QED) is 0.766. The van der Waals surface area contributed by atoms with Crippen LogP contribution in [0, 0.1) is 25.2 Å². The van der Waals surface area contributed by atoms with Gasteiger partial charge in [0.25, 0.3) is 5.91 Å². The number of amides is 2. The average Bonchev–Trinajstić information content (AvgIpc) is 3.04. The van der Waals surface area contributed by atoms with Gasteiger partial charge in [-0.2, -0.15) is 0 Å². The molecule has 2 aliphatic rings. The monoisotopic (exact) mass is 420 g/mol. The minimum atomic E-state index is -0.487. The molecule has 3 heterocycles. The number of anilines is 1. The van der Waals surface area contributed by atoms with Crippen molar-refractivity contribution < 1.29 is 9.59 Å². The Hall–Kier alpha value is -2.89. The van der Waals surface area contributed by atoms with Crippen LogP contribution in [0.25, 0.3) is 0 Å². The van der Waals surface area contributed by atoms with Crippen LogP contribution in [-0.4, -0.2) is 66.9 Å². The van der Waals surface area contributed by atoms with Gasteiger partial charge < -0.3 is 14.7 Å². The molecule has 2 aromatic rings. The van der Waals surface area contributed by atoms with Crippen molar-refractivity contribution >= 4 is 17.6 Å². The van der Waals surface area contributed by atoms with Crippen LogP contribution in [0.15, 0.2) is 42.6 Å². The molecule has 31 heavy (non-hydrogen) atoms. The van der Waals surface area contributed by atoms with Gasteiger partial charge in [0.15, 0.2) is 0 Å². The molecule has 0 spiro atoms. The first-order valence-corrected chi connectivity index (χ1v) is 11.1. The van der Waals surface area contributed by atoms with Crippen molar-refractivity contribution in [2.75, 3.05) is 45.2 Å². The van der Waals surface area contributed by atoms with Crippen molar-refractivity contribution in [1.29, 1.82) is 0 Å². The summed E-state index contributed by atoms with van der Waals surface area (Å²) in [4.78, 5) is 37.2. The number of likely N-dealkylation sites (tertiary alicyclic amines) is 1. The number of pyridine rings is 1. The van der Waals surface area contributed by atoms with Crippen molar-refractivity contribution in [2.24, 2.45) is 11.3 Å². The second-order valence-electron chi connectivity index (χ2n) is 9.27. The third-order valence-electron chi connectivity index (χ3n) is 7.03. The van der Waals surface area contributed by atoms with Crippen LogP contribution in [0.1, 0.15) is 34.3 Å². The summed E-state index contributed by atoms with van der Waals surface area (Å²) in [5, 5.41) is 0. The first kappa shape index (κ1) is 21.3. The van der Waals surface area contributed by atoms with Gasteiger partial charge in [-0.05, 0) is 62.1 Å². The molecular formula is C25H32N4O2. The highest BCUT2D eigenvalue weighted by Crippen LogP contribution is 2.45. The molecule has 0 aliphatic carbocycles. The zero-order chi connectivity index (χ0) is 22.2. The van der Waals surface area contributed by atoms with Crippen LogP contribution in [-0.2, 0) is 4.79 Å². The zero-order valence-electron chi connectivity index (χ0n) is 19.0. The molecule has 1 aromatic heterocycles. The average molecular weight is 421 g/mol. The second-order valence-corrected chi connectivity index (χ2v) is 9.27. The zero-order valence-corrected chi connectivity index (χ0v) is 19.0. The number of aryl methyl sites for hydroxylation is 2. The standard InChI is InChI=1S/C25H32N4O2/c1-18-9-10-20(14-19(18)2)23(30)28-13-7-11-25(24(31)27(3)4)17-29(16-21(25)15-28)22-8-5-6-12-26-22/h5-6,8-10,12,14,21H,7,11,13,15-17H2,1-4H3/t21-,25-/m0/s1. The molecule has 164 valence electrons. The first-order valence-electron chi connectivity index (χ1n) is 11.1. The largest absolute Gasteiger partial charge is 0.355 e. The predicted octanol–water partition coefficient (Wildman–Crippen LogP) is 3.15. The van der Waals surface area contributed by atoms with Gasteiger partial charge in [0.2, 0.25) is 5.91 Å². The maximum Gasteiger partial charge on any atom is 0.253 e. The van der Waals surface area contributed by atoms with Gasteiger partial charge >= 0.3 is 0 Å². The molecule has 1 aromatic carbocycles. The van der Waals surface area contributed by atoms with Crippen LogP contribution in [0.2, 0.25) is 0 Å². The van der Waals surface area contributed by atoms with Gasteiger partial charge in [0.1, 0.15) is 5.82 Å². The predicted molar refractivity (Wildman–Crippen MR) is 122 cm³/mol. The number of fused-ring (bicyclic) bond motifs is 1. The van der Waals surface area contributed by atoms with Crippen LogP contribution in [0.3, 0.4) is 0 Å². The number of rotatable bonds is 3. The van der Waals surface area contributed by atoms with E-state index in [1.807, 2.05) is 62.3 Å². The molecule has 6 nitrogen and oxygen atoms in total. The topological polar surface area (TPSA) is 56.8 Å². The van der Waals surface area contributed by atoms with Gasteiger partial charge in [-0.1, -0.05) is 12.1 Å². The van der Waals surface area contributed by atoms with Crippen LogP contribution < -0.4 is 4.90 Å². The molecule has 0 N–H and O–H groups in total. The smallest absolute Gasteiger partial charge is 0.253 e.